The number of benzene rings is 1. The van der Waals surface area contributed by atoms with Crippen LogP contribution in [0.1, 0.15) is 42.6 Å². The molecule has 5 heterocycles. The molecule has 3 aromatic heterocycles. The zero-order chi connectivity index (χ0) is 26.2. The average Bonchev–Trinajstić information content (AvgIpc) is 3.44. The second-order valence-corrected chi connectivity index (χ2v) is 10.4. The Balaban J connectivity index is 1.40. The topological polar surface area (TPSA) is 75.8 Å². The molecule has 0 unspecified atom stereocenters. The molecule has 38 heavy (non-hydrogen) atoms. The Hall–Kier alpha value is -3.91. The lowest BCUT2D eigenvalue weighted by molar-refractivity contribution is 0.573. The quantitative estimate of drug-likeness (QED) is 0.365. The van der Waals surface area contributed by atoms with Crippen molar-refractivity contribution in [3.05, 3.63) is 72.3 Å². The summed E-state index contributed by atoms with van der Waals surface area (Å²) >= 11 is 0. The molecule has 196 valence electrons. The van der Waals surface area contributed by atoms with Crippen LogP contribution in [0.3, 0.4) is 0 Å². The normalized spacial score (nSPS) is 16.9. The van der Waals surface area contributed by atoms with E-state index in [2.05, 4.69) is 68.7 Å². The first-order chi connectivity index (χ1) is 18.5. The number of pyridine rings is 1. The number of hydrogen-bond acceptors (Lipinski definition) is 6. The maximum absolute atomic E-state index is 5.01. The third kappa shape index (κ3) is 4.60. The van der Waals surface area contributed by atoms with Gasteiger partial charge in [-0.25, -0.2) is 4.98 Å². The molecule has 0 amide bonds. The summed E-state index contributed by atoms with van der Waals surface area (Å²) < 4.78 is 4.32. The van der Waals surface area contributed by atoms with Crippen molar-refractivity contribution in [1.29, 1.82) is 0 Å². The van der Waals surface area contributed by atoms with E-state index in [9.17, 15) is 0 Å². The maximum atomic E-state index is 5.01. The van der Waals surface area contributed by atoms with E-state index in [0.717, 1.165) is 103 Å². The molecule has 0 spiro atoms. The zero-order valence-corrected chi connectivity index (χ0v) is 22.4. The standard InChI is InChI=1S/C30H36N8/c1-20-15-23-16-27(33-20)25-19-32-36(4)28(25)9-7-5-6-8-13-38-29-17-24(37-14-12-31-18-21(37)2)10-11-26(29)35-30(38)34-22(23)3/h10-11,15-17,19,31H,2-3,5-9,12-14,18H2,1,4H3,(H,34,35). The van der Waals surface area contributed by atoms with E-state index in [0.29, 0.717) is 0 Å². The van der Waals surface area contributed by atoms with Crippen LogP contribution < -0.4 is 15.5 Å². The zero-order valence-electron chi connectivity index (χ0n) is 22.4. The third-order valence-corrected chi connectivity index (χ3v) is 7.71. The molecule has 2 aliphatic rings. The van der Waals surface area contributed by atoms with Crippen molar-refractivity contribution in [3.8, 4) is 11.3 Å². The van der Waals surface area contributed by atoms with Gasteiger partial charge in [-0.2, -0.15) is 5.10 Å². The van der Waals surface area contributed by atoms with Crippen molar-refractivity contribution >= 4 is 28.4 Å². The lowest BCUT2D eigenvalue weighted by Crippen LogP contribution is -2.41. The molecule has 2 bridgehead atoms. The SMILES string of the molecule is C=C1Nc2nc3ccc(N4CCNCC4=C)cc3n2CCCCCCc2c(cnn2C)-c2cc1cc(C)n2. The van der Waals surface area contributed by atoms with Crippen LogP contribution in [0, 0.1) is 6.92 Å². The molecule has 1 fully saturated rings. The van der Waals surface area contributed by atoms with Gasteiger partial charge in [0.05, 0.1) is 22.9 Å². The monoisotopic (exact) mass is 508 g/mol. The van der Waals surface area contributed by atoms with Crippen LogP contribution in [0.5, 0.6) is 0 Å². The highest BCUT2D eigenvalue weighted by Crippen LogP contribution is 2.31. The molecular formula is C30H36N8. The van der Waals surface area contributed by atoms with Crippen LogP contribution in [0.4, 0.5) is 11.6 Å². The fraction of sp³-hybridized carbons (Fsp3) is 0.367. The van der Waals surface area contributed by atoms with Gasteiger partial charge >= 0.3 is 0 Å². The first-order valence-electron chi connectivity index (χ1n) is 13.6. The second-order valence-electron chi connectivity index (χ2n) is 10.4. The van der Waals surface area contributed by atoms with Crippen molar-refractivity contribution in [3.63, 3.8) is 0 Å². The first-order valence-corrected chi connectivity index (χ1v) is 13.6. The molecule has 2 N–H and O–H groups in total. The van der Waals surface area contributed by atoms with Gasteiger partial charge < -0.3 is 20.1 Å². The molecular weight excluding hydrogens is 472 g/mol. The minimum absolute atomic E-state index is 0.810. The van der Waals surface area contributed by atoms with Gasteiger partial charge in [-0.3, -0.25) is 9.67 Å². The highest BCUT2D eigenvalue weighted by atomic mass is 15.3. The molecule has 0 saturated carbocycles. The number of anilines is 2. The Labute approximate surface area is 224 Å². The number of piperazine rings is 1. The summed E-state index contributed by atoms with van der Waals surface area (Å²) in [5.41, 5.74) is 10.4. The number of fused-ring (bicyclic) bond motifs is 7. The van der Waals surface area contributed by atoms with Crippen molar-refractivity contribution in [1.82, 2.24) is 29.6 Å². The largest absolute Gasteiger partial charge is 0.343 e. The van der Waals surface area contributed by atoms with Crippen LogP contribution >= 0.6 is 0 Å². The van der Waals surface area contributed by atoms with Gasteiger partial charge in [0.2, 0.25) is 5.95 Å². The van der Waals surface area contributed by atoms with E-state index in [1.165, 1.54) is 17.8 Å². The summed E-state index contributed by atoms with van der Waals surface area (Å²) in [4.78, 5) is 12.2. The predicted octanol–water partition coefficient (Wildman–Crippen LogP) is 5.26. The maximum Gasteiger partial charge on any atom is 0.208 e. The van der Waals surface area contributed by atoms with Crippen molar-refractivity contribution < 1.29 is 0 Å². The average molecular weight is 509 g/mol. The number of imidazole rings is 1. The fourth-order valence-electron chi connectivity index (χ4n) is 5.67. The Morgan fingerprint density at radius 3 is 2.71 bits per heavy atom. The minimum atomic E-state index is 0.810. The lowest BCUT2D eigenvalue weighted by atomic mass is 10.0. The van der Waals surface area contributed by atoms with Crippen molar-refractivity contribution in [2.24, 2.45) is 7.05 Å². The summed E-state index contributed by atoms with van der Waals surface area (Å²) in [6, 6.07) is 10.7. The minimum Gasteiger partial charge on any atom is -0.343 e. The number of hydrogen-bond donors (Lipinski definition) is 2. The highest BCUT2D eigenvalue weighted by Gasteiger charge is 2.19. The molecule has 6 rings (SSSR count). The number of aromatic nitrogens is 5. The summed E-state index contributed by atoms with van der Waals surface area (Å²) in [6.07, 6.45) is 7.48. The number of nitrogens with zero attached hydrogens (tertiary/aromatic N) is 6. The molecule has 4 aromatic rings. The van der Waals surface area contributed by atoms with Crippen molar-refractivity contribution in [2.75, 3.05) is 29.9 Å². The number of rotatable bonds is 1. The Morgan fingerprint density at radius 2 is 1.84 bits per heavy atom. The Kier molecular flexibility index (Phi) is 6.49. The van der Waals surface area contributed by atoms with Gasteiger partial charge in [0, 0.05) is 72.8 Å². The second kappa shape index (κ2) is 10.1. The predicted molar refractivity (Wildman–Crippen MR) is 155 cm³/mol. The van der Waals surface area contributed by atoms with E-state index >= 15 is 0 Å². The molecule has 0 aliphatic carbocycles. The van der Waals surface area contributed by atoms with Gasteiger partial charge in [0.25, 0.3) is 0 Å². The van der Waals surface area contributed by atoms with E-state index in [1.807, 2.05) is 24.9 Å². The van der Waals surface area contributed by atoms with Crippen LogP contribution in [0.15, 0.2) is 55.4 Å². The van der Waals surface area contributed by atoms with Crippen LogP contribution in [0.2, 0.25) is 0 Å². The first kappa shape index (κ1) is 24.4. The molecule has 2 aliphatic heterocycles. The van der Waals surface area contributed by atoms with E-state index in [4.69, 9.17) is 9.97 Å². The Bertz CT molecular complexity index is 1520. The smallest absolute Gasteiger partial charge is 0.208 e. The fourth-order valence-corrected chi connectivity index (χ4v) is 5.67. The van der Waals surface area contributed by atoms with Gasteiger partial charge in [0.15, 0.2) is 0 Å². The van der Waals surface area contributed by atoms with Crippen molar-refractivity contribution in [2.45, 2.75) is 45.6 Å². The van der Waals surface area contributed by atoms with Gasteiger partial charge in [-0.05, 0) is 56.5 Å². The van der Waals surface area contributed by atoms with Gasteiger partial charge in [0.1, 0.15) is 0 Å². The Morgan fingerprint density at radius 1 is 0.974 bits per heavy atom. The van der Waals surface area contributed by atoms with Crippen LogP contribution in [0.25, 0.3) is 28.0 Å². The molecule has 1 saturated heterocycles. The number of aryl methyl sites for hydroxylation is 3. The van der Waals surface area contributed by atoms with E-state index in [-0.39, 0.29) is 0 Å². The molecule has 1 aromatic carbocycles. The van der Waals surface area contributed by atoms with Gasteiger partial charge in [-0.1, -0.05) is 26.0 Å². The lowest BCUT2D eigenvalue weighted by Gasteiger charge is -2.31. The molecule has 0 atom stereocenters. The number of nitrogens with one attached hydrogen (secondary N) is 2. The molecule has 8 heteroatoms. The summed E-state index contributed by atoms with van der Waals surface area (Å²) in [5, 5.41) is 11.5. The van der Waals surface area contributed by atoms with Gasteiger partial charge in [-0.15, -0.1) is 0 Å². The van der Waals surface area contributed by atoms with Crippen LogP contribution in [-0.4, -0.2) is 43.9 Å². The van der Waals surface area contributed by atoms with Crippen LogP contribution in [-0.2, 0) is 20.0 Å². The summed E-state index contributed by atoms with van der Waals surface area (Å²) in [5.74, 6) is 0.828. The highest BCUT2D eigenvalue weighted by molar-refractivity contribution is 5.85. The van der Waals surface area contributed by atoms with E-state index in [1.54, 1.807) is 0 Å². The summed E-state index contributed by atoms with van der Waals surface area (Å²) in [6.45, 7) is 14.3. The molecule has 0 radical (unpaired) electrons. The van der Waals surface area contributed by atoms with E-state index < -0.39 is 0 Å². The third-order valence-electron chi connectivity index (χ3n) is 7.71. The summed E-state index contributed by atoms with van der Waals surface area (Å²) in [7, 11) is 2.03. The molecule has 8 nitrogen and oxygen atoms in total.